The molecule has 2 rings (SSSR count). The second-order valence-corrected chi connectivity index (χ2v) is 3.74. The van der Waals surface area contributed by atoms with Crippen molar-refractivity contribution in [2.45, 2.75) is 0 Å². The van der Waals surface area contributed by atoms with Crippen molar-refractivity contribution >= 4 is 21.6 Å². The molecule has 3 nitrogen and oxygen atoms in total. The highest BCUT2D eigenvalue weighted by Crippen LogP contribution is 2.27. The number of ether oxygens (including phenoxy) is 1. The predicted octanol–water partition coefficient (Wildman–Crippen LogP) is 1.89. The maximum Gasteiger partial charge on any atom is 0.233 e. The summed E-state index contributed by atoms with van der Waals surface area (Å²) in [6, 6.07) is 8.10. The molecule has 1 heterocycles. The van der Waals surface area contributed by atoms with Gasteiger partial charge in [0.15, 0.2) is 0 Å². The van der Waals surface area contributed by atoms with Crippen molar-refractivity contribution in [1.82, 2.24) is 9.69 Å². The van der Waals surface area contributed by atoms with E-state index in [4.69, 9.17) is 4.74 Å². The fraction of sp³-hybridized carbons (Fsp3) is 0.300. The van der Waals surface area contributed by atoms with Crippen LogP contribution in [0.5, 0.6) is 5.88 Å². The maximum atomic E-state index is 5.54. The maximum absolute atomic E-state index is 5.54. The van der Waals surface area contributed by atoms with Gasteiger partial charge in [-0.15, -0.1) is 0 Å². The summed E-state index contributed by atoms with van der Waals surface area (Å²) in [6.45, 7) is 1.50. The van der Waals surface area contributed by atoms with Gasteiger partial charge in [-0.3, -0.25) is 0 Å². The average molecular weight is 208 g/mol. The van der Waals surface area contributed by atoms with Crippen molar-refractivity contribution in [3.05, 3.63) is 24.3 Å². The van der Waals surface area contributed by atoms with Crippen molar-refractivity contribution in [3.63, 3.8) is 0 Å². The van der Waals surface area contributed by atoms with Gasteiger partial charge in [0, 0.05) is 6.54 Å². The van der Waals surface area contributed by atoms with E-state index in [1.165, 1.54) is 16.2 Å². The molecule has 1 aromatic heterocycles. The number of likely N-dealkylation sites (N-methyl/N-ethyl adjacent to an activating group) is 1. The zero-order chi connectivity index (χ0) is 9.80. The van der Waals surface area contributed by atoms with Crippen molar-refractivity contribution in [3.8, 4) is 5.88 Å². The van der Waals surface area contributed by atoms with E-state index in [0.29, 0.717) is 6.61 Å². The Bertz CT molecular complexity index is 413. The van der Waals surface area contributed by atoms with Gasteiger partial charge in [0.25, 0.3) is 0 Å². The van der Waals surface area contributed by atoms with Crippen LogP contribution in [-0.2, 0) is 0 Å². The van der Waals surface area contributed by atoms with Crippen LogP contribution in [0.15, 0.2) is 24.3 Å². The second kappa shape index (κ2) is 4.39. The number of hydrogen-bond acceptors (Lipinski definition) is 4. The summed E-state index contributed by atoms with van der Waals surface area (Å²) in [7, 11) is 1.91. The number of nitrogens with zero attached hydrogens (tertiary/aromatic N) is 1. The van der Waals surface area contributed by atoms with Crippen LogP contribution in [0.25, 0.3) is 10.1 Å². The first-order chi connectivity index (χ1) is 6.92. The van der Waals surface area contributed by atoms with Crippen molar-refractivity contribution < 1.29 is 4.74 Å². The van der Waals surface area contributed by atoms with Crippen molar-refractivity contribution in [1.29, 1.82) is 0 Å². The third-order valence-electron chi connectivity index (χ3n) is 1.94. The Morgan fingerprint density at radius 3 is 3.14 bits per heavy atom. The molecule has 0 unspecified atom stereocenters. The Balaban J connectivity index is 2.17. The van der Waals surface area contributed by atoms with Gasteiger partial charge in [-0.05, 0) is 30.7 Å². The molecular formula is C10H12N2OS. The summed E-state index contributed by atoms with van der Waals surface area (Å²) in [5, 5.41) is 4.13. The quantitative estimate of drug-likeness (QED) is 0.779. The van der Waals surface area contributed by atoms with E-state index in [9.17, 15) is 0 Å². The molecule has 0 fully saturated rings. The highest BCUT2D eigenvalue weighted by Gasteiger charge is 2.04. The SMILES string of the molecule is CNCCOc1nsc2ccccc12. The van der Waals surface area contributed by atoms with Gasteiger partial charge in [-0.1, -0.05) is 12.1 Å². The summed E-state index contributed by atoms with van der Waals surface area (Å²) in [5.74, 6) is 0.751. The first-order valence-corrected chi connectivity index (χ1v) is 5.31. The first kappa shape index (κ1) is 9.43. The van der Waals surface area contributed by atoms with Crippen molar-refractivity contribution in [2.24, 2.45) is 0 Å². The summed E-state index contributed by atoms with van der Waals surface area (Å²) in [6.07, 6.45) is 0. The minimum Gasteiger partial charge on any atom is -0.475 e. The third-order valence-corrected chi connectivity index (χ3v) is 2.75. The molecule has 0 saturated carbocycles. The van der Waals surface area contributed by atoms with Gasteiger partial charge in [-0.25, -0.2) is 0 Å². The van der Waals surface area contributed by atoms with Crippen LogP contribution < -0.4 is 10.1 Å². The lowest BCUT2D eigenvalue weighted by Gasteiger charge is -2.01. The van der Waals surface area contributed by atoms with E-state index in [2.05, 4.69) is 15.8 Å². The summed E-state index contributed by atoms with van der Waals surface area (Å²) in [5.41, 5.74) is 0. The largest absolute Gasteiger partial charge is 0.475 e. The summed E-state index contributed by atoms with van der Waals surface area (Å²) in [4.78, 5) is 0. The van der Waals surface area contributed by atoms with Crippen LogP contribution in [0, 0.1) is 0 Å². The Morgan fingerprint density at radius 1 is 1.43 bits per heavy atom. The normalized spacial score (nSPS) is 10.6. The monoisotopic (exact) mass is 208 g/mol. The lowest BCUT2D eigenvalue weighted by molar-refractivity contribution is 0.313. The lowest BCUT2D eigenvalue weighted by Crippen LogP contribution is -2.16. The smallest absolute Gasteiger partial charge is 0.233 e. The molecule has 0 atom stereocenters. The van der Waals surface area contributed by atoms with Gasteiger partial charge in [0.1, 0.15) is 6.61 Å². The van der Waals surface area contributed by atoms with E-state index >= 15 is 0 Å². The standard InChI is InChI=1S/C10H12N2OS/c1-11-6-7-13-10-8-4-2-3-5-9(8)14-12-10/h2-5,11H,6-7H2,1H3. The van der Waals surface area contributed by atoms with Crippen LogP contribution in [0.1, 0.15) is 0 Å². The Hall–Kier alpha value is -1.13. The van der Waals surface area contributed by atoms with Crippen LogP contribution >= 0.6 is 11.5 Å². The minimum absolute atomic E-state index is 0.657. The highest BCUT2D eigenvalue weighted by atomic mass is 32.1. The van der Waals surface area contributed by atoms with Gasteiger partial charge < -0.3 is 10.1 Å². The Kier molecular flexibility index (Phi) is 2.96. The number of rotatable bonds is 4. The fourth-order valence-corrected chi connectivity index (χ4v) is 1.94. The Morgan fingerprint density at radius 2 is 2.29 bits per heavy atom. The Labute approximate surface area is 86.9 Å². The van der Waals surface area contributed by atoms with Crippen LogP contribution in [0.4, 0.5) is 0 Å². The van der Waals surface area contributed by atoms with E-state index in [-0.39, 0.29) is 0 Å². The molecule has 4 heteroatoms. The highest BCUT2D eigenvalue weighted by molar-refractivity contribution is 7.13. The molecule has 0 spiro atoms. The van der Waals surface area contributed by atoms with E-state index < -0.39 is 0 Å². The molecule has 1 aromatic carbocycles. The van der Waals surface area contributed by atoms with Gasteiger partial charge in [0.05, 0.1) is 10.1 Å². The molecule has 14 heavy (non-hydrogen) atoms. The van der Waals surface area contributed by atoms with E-state index in [1.807, 2.05) is 25.2 Å². The number of hydrogen-bond donors (Lipinski definition) is 1. The summed E-state index contributed by atoms with van der Waals surface area (Å²) >= 11 is 1.48. The molecule has 0 amide bonds. The lowest BCUT2D eigenvalue weighted by atomic mass is 10.3. The average Bonchev–Trinajstić information content (AvgIpc) is 2.63. The number of fused-ring (bicyclic) bond motifs is 1. The predicted molar refractivity (Wildman–Crippen MR) is 59.0 cm³/mol. The molecule has 1 N–H and O–H groups in total. The van der Waals surface area contributed by atoms with Gasteiger partial charge in [-0.2, -0.15) is 4.37 Å². The molecular weight excluding hydrogens is 196 g/mol. The molecule has 0 aliphatic heterocycles. The van der Waals surface area contributed by atoms with Gasteiger partial charge >= 0.3 is 0 Å². The zero-order valence-electron chi connectivity index (χ0n) is 7.99. The molecule has 0 aliphatic carbocycles. The van der Waals surface area contributed by atoms with Crippen LogP contribution in [-0.4, -0.2) is 24.6 Å². The minimum atomic E-state index is 0.657. The molecule has 0 radical (unpaired) electrons. The number of aromatic nitrogens is 1. The second-order valence-electron chi connectivity index (χ2n) is 2.94. The topological polar surface area (TPSA) is 34.1 Å². The molecule has 0 aliphatic rings. The molecule has 2 aromatic rings. The molecule has 74 valence electrons. The fourth-order valence-electron chi connectivity index (χ4n) is 1.22. The number of nitrogens with one attached hydrogen (secondary N) is 1. The van der Waals surface area contributed by atoms with Gasteiger partial charge in [0.2, 0.25) is 5.88 Å². The van der Waals surface area contributed by atoms with Crippen LogP contribution in [0.3, 0.4) is 0 Å². The zero-order valence-corrected chi connectivity index (χ0v) is 8.80. The van der Waals surface area contributed by atoms with E-state index in [0.717, 1.165) is 17.8 Å². The molecule has 0 saturated heterocycles. The molecule has 0 bridgehead atoms. The summed E-state index contributed by atoms with van der Waals surface area (Å²) < 4.78 is 11.0. The van der Waals surface area contributed by atoms with Crippen molar-refractivity contribution in [2.75, 3.05) is 20.2 Å². The van der Waals surface area contributed by atoms with E-state index in [1.54, 1.807) is 0 Å². The number of benzene rings is 1. The third kappa shape index (κ3) is 1.86. The first-order valence-electron chi connectivity index (χ1n) is 4.53. The van der Waals surface area contributed by atoms with Crippen LogP contribution in [0.2, 0.25) is 0 Å².